The molecule has 348 valence electrons. The first-order valence-corrected chi connectivity index (χ1v) is 24.6. The Kier molecular flexibility index (Phi) is 10.7. The van der Waals surface area contributed by atoms with Gasteiger partial charge >= 0.3 is 0 Å². The van der Waals surface area contributed by atoms with Crippen LogP contribution < -0.4 is 0 Å². The Bertz CT molecular complexity index is 4580. The molecule has 13 rings (SSSR count). The van der Waals surface area contributed by atoms with Crippen molar-refractivity contribution < 1.29 is 0 Å². The van der Waals surface area contributed by atoms with Crippen LogP contribution in [-0.4, -0.2) is 24.1 Å². The van der Waals surface area contributed by atoms with E-state index in [1.165, 1.54) is 5.39 Å². The molecule has 8 heteroatoms. The van der Waals surface area contributed by atoms with E-state index in [0.717, 1.165) is 105 Å². The fourth-order valence-corrected chi connectivity index (χ4v) is 10.7. The third-order valence-electron chi connectivity index (χ3n) is 14.2. The van der Waals surface area contributed by atoms with Gasteiger partial charge in [-0.1, -0.05) is 146 Å². The summed E-state index contributed by atoms with van der Waals surface area (Å²) >= 11 is 0. The van der Waals surface area contributed by atoms with Crippen LogP contribution in [0.2, 0.25) is 0 Å². The highest BCUT2D eigenvalue weighted by Crippen LogP contribution is 2.44. The zero-order chi connectivity index (χ0) is 50.6. The highest BCUT2D eigenvalue weighted by Gasteiger charge is 2.24. The molecule has 0 spiro atoms. The van der Waals surface area contributed by atoms with Gasteiger partial charge in [0.15, 0.2) is 17.5 Å². The maximum Gasteiger partial charge on any atom is 0.166 e. The highest BCUT2D eigenvalue weighted by molar-refractivity contribution is 6.26. The number of aryl methyl sites for hydroxylation is 1. The minimum atomic E-state index is 0.476. The Morgan fingerprint density at radius 1 is 0.347 bits per heavy atom. The van der Waals surface area contributed by atoms with Gasteiger partial charge in [0.05, 0.1) is 62.7 Å². The lowest BCUT2D eigenvalue weighted by Crippen LogP contribution is -2.04. The molecule has 0 unspecified atom stereocenters. The number of hydrogen-bond donors (Lipinski definition) is 0. The molecule has 0 fully saturated rings. The summed E-state index contributed by atoms with van der Waals surface area (Å²) in [5, 5.41) is 33.9. The molecule has 8 nitrogen and oxygen atoms in total. The summed E-state index contributed by atoms with van der Waals surface area (Å²) in [6.45, 7) is 2.06. The van der Waals surface area contributed by atoms with Crippen LogP contribution >= 0.6 is 0 Å². The molecule has 0 saturated heterocycles. The monoisotopic (exact) mass is 956 g/mol. The molecule has 0 aliphatic heterocycles. The van der Waals surface area contributed by atoms with E-state index in [2.05, 4.69) is 156 Å². The molecule has 3 aromatic heterocycles. The molecule has 75 heavy (non-hydrogen) atoms. The first-order valence-electron chi connectivity index (χ1n) is 24.6. The van der Waals surface area contributed by atoms with E-state index in [-0.39, 0.29) is 0 Å². The summed E-state index contributed by atoms with van der Waals surface area (Å²) in [5.41, 5.74) is 16.9. The van der Waals surface area contributed by atoms with E-state index in [1.54, 1.807) is 6.07 Å². The number of benzene rings is 10. The predicted molar refractivity (Wildman–Crippen MR) is 300 cm³/mol. The van der Waals surface area contributed by atoms with Crippen molar-refractivity contribution in [3.8, 4) is 97.1 Å². The molecule has 13 aromatic rings. The minimum absolute atomic E-state index is 0.476. The first kappa shape index (κ1) is 44.2. The average Bonchev–Trinajstić information content (AvgIpc) is 4.00. The number of hydrogen-bond acceptors (Lipinski definition) is 6. The van der Waals surface area contributed by atoms with E-state index in [4.69, 9.17) is 15.0 Å². The van der Waals surface area contributed by atoms with E-state index in [9.17, 15) is 15.8 Å². The van der Waals surface area contributed by atoms with Crippen LogP contribution in [0.25, 0.3) is 123 Å². The van der Waals surface area contributed by atoms with Crippen LogP contribution in [-0.2, 0) is 0 Å². The van der Waals surface area contributed by atoms with Crippen LogP contribution in [0.15, 0.2) is 224 Å². The van der Waals surface area contributed by atoms with Crippen molar-refractivity contribution in [1.29, 1.82) is 15.8 Å². The smallest absolute Gasteiger partial charge is 0.166 e. The second kappa shape index (κ2) is 18.2. The Morgan fingerprint density at radius 2 is 0.840 bits per heavy atom. The predicted octanol–water partition coefficient (Wildman–Crippen LogP) is 16.0. The number of nitrogens with zero attached hydrogens (tertiary/aromatic N) is 8. The van der Waals surface area contributed by atoms with Gasteiger partial charge in [0.1, 0.15) is 0 Å². The minimum Gasteiger partial charge on any atom is -0.309 e. The average molecular weight is 957 g/mol. The van der Waals surface area contributed by atoms with Gasteiger partial charge in [0.25, 0.3) is 0 Å². The van der Waals surface area contributed by atoms with Gasteiger partial charge in [0.2, 0.25) is 0 Å². The quantitative estimate of drug-likeness (QED) is 0.150. The second-order valence-electron chi connectivity index (χ2n) is 18.6. The SMILES string of the molecule is Cc1cc(-c2cccc(C#N)c2)ccc1-c1nc(-c2ccc(-c3cccc(C#N)c3)cc2)nc(-c2ccc(-c3cccc(C#N)c3)cc2-n2c3ccccc3c3c2ccc2c4ccccc4n(-c4ccccc4)c23)n1. The van der Waals surface area contributed by atoms with Gasteiger partial charge in [-0.05, 0) is 125 Å². The number of rotatable bonds is 8. The van der Waals surface area contributed by atoms with Gasteiger partial charge < -0.3 is 9.13 Å². The largest absolute Gasteiger partial charge is 0.309 e. The third kappa shape index (κ3) is 7.65. The summed E-state index contributed by atoms with van der Waals surface area (Å²) < 4.78 is 4.73. The topological polar surface area (TPSA) is 120 Å². The van der Waals surface area contributed by atoms with E-state index >= 15 is 0 Å². The second-order valence-corrected chi connectivity index (χ2v) is 18.6. The van der Waals surface area contributed by atoms with Crippen molar-refractivity contribution in [3.05, 3.63) is 247 Å². The van der Waals surface area contributed by atoms with Crippen molar-refractivity contribution in [2.45, 2.75) is 6.92 Å². The van der Waals surface area contributed by atoms with Crippen LogP contribution in [0.1, 0.15) is 22.3 Å². The summed E-state index contributed by atoms with van der Waals surface area (Å²) in [6.07, 6.45) is 0. The van der Waals surface area contributed by atoms with Crippen LogP contribution in [0.5, 0.6) is 0 Å². The van der Waals surface area contributed by atoms with Crippen molar-refractivity contribution in [3.63, 3.8) is 0 Å². The van der Waals surface area contributed by atoms with Gasteiger partial charge in [-0.2, -0.15) is 15.8 Å². The van der Waals surface area contributed by atoms with Crippen molar-refractivity contribution >= 4 is 43.6 Å². The molecule has 3 heterocycles. The van der Waals surface area contributed by atoms with E-state index in [1.807, 2.05) is 97.1 Å². The van der Waals surface area contributed by atoms with Gasteiger partial charge in [0, 0.05) is 43.9 Å². The Morgan fingerprint density at radius 3 is 1.47 bits per heavy atom. The third-order valence-corrected chi connectivity index (χ3v) is 14.2. The lowest BCUT2D eigenvalue weighted by molar-refractivity contribution is 1.06. The van der Waals surface area contributed by atoms with Crippen LogP contribution in [0.3, 0.4) is 0 Å². The number of fused-ring (bicyclic) bond motifs is 7. The van der Waals surface area contributed by atoms with Crippen molar-refractivity contribution in [2.75, 3.05) is 0 Å². The molecule has 0 amide bonds. The van der Waals surface area contributed by atoms with Crippen molar-refractivity contribution in [2.24, 2.45) is 0 Å². The normalized spacial score (nSPS) is 11.2. The zero-order valence-corrected chi connectivity index (χ0v) is 40.4. The lowest BCUT2D eigenvalue weighted by atomic mass is 9.98. The molecule has 0 radical (unpaired) electrons. The molecule has 0 aliphatic rings. The van der Waals surface area contributed by atoms with Gasteiger partial charge in [-0.15, -0.1) is 0 Å². The van der Waals surface area contributed by atoms with Crippen LogP contribution in [0.4, 0.5) is 0 Å². The zero-order valence-electron chi connectivity index (χ0n) is 40.4. The maximum atomic E-state index is 10.0. The molecular formula is C67H40N8. The summed E-state index contributed by atoms with van der Waals surface area (Å²) in [7, 11) is 0. The van der Waals surface area contributed by atoms with Gasteiger partial charge in [-0.25, -0.2) is 15.0 Å². The first-order chi connectivity index (χ1) is 36.9. The van der Waals surface area contributed by atoms with Crippen molar-refractivity contribution in [1.82, 2.24) is 24.1 Å². The standard InChI is InChI=1S/C67H40N8/c1-42-34-51(49-16-10-13-44(36-49)40-69)28-30-54(42)66-71-65(47-26-24-46(25-27-47)48-15-9-12-43(35-48)39-68)72-67(73-66)58-31-29-52(50-17-11-14-45(37-50)41-70)38-62(58)75-60-23-8-6-21-57(60)63-61(75)33-32-56-55-20-5-7-22-59(55)74(64(56)63)53-18-3-2-4-19-53/h2-38H,1H3. The number of para-hydroxylation sites is 3. The molecule has 0 saturated carbocycles. The highest BCUT2D eigenvalue weighted by atomic mass is 15.1. The Balaban J connectivity index is 1.08. The van der Waals surface area contributed by atoms with E-state index < -0.39 is 0 Å². The maximum absolute atomic E-state index is 10.0. The summed E-state index contributed by atoms with van der Waals surface area (Å²) in [4.78, 5) is 16.0. The molecule has 10 aromatic carbocycles. The van der Waals surface area contributed by atoms with Gasteiger partial charge in [-0.3, -0.25) is 0 Å². The fourth-order valence-electron chi connectivity index (χ4n) is 10.7. The Hall–Kier alpha value is -10.7. The summed E-state index contributed by atoms with van der Waals surface area (Å²) in [5.74, 6) is 1.47. The van der Waals surface area contributed by atoms with E-state index in [0.29, 0.717) is 34.2 Å². The fraction of sp³-hybridized carbons (Fsp3) is 0.0149. The number of nitriles is 3. The molecule has 0 bridgehead atoms. The lowest BCUT2D eigenvalue weighted by Gasteiger charge is -2.17. The molecular weight excluding hydrogens is 917 g/mol. The number of aromatic nitrogens is 5. The summed E-state index contributed by atoms with van der Waals surface area (Å²) in [6, 6.07) is 82.7. The molecule has 0 N–H and O–H groups in total. The molecule has 0 aliphatic carbocycles. The van der Waals surface area contributed by atoms with Crippen LogP contribution in [0, 0.1) is 40.9 Å². The Labute approximate surface area is 432 Å². The molecule has 0 atom stereocenters.